The maximum atomic E-state index is 11.7. The van der Waals surface area contributed by atoms with E-state index in [9.17, 15) is 5.11 Å². The van der Waals surface area contributed by atoms with E-state index in [1.54, 1.807) is 0 Å². The largest absolute Gasteiger partial charge is 0.494 e. The van der Waals surface area contributed by atoms with Crippen LogP contribution in [-0.4, -0.2) is 49.5 Å². The molecule has 4 heteroatoms. The molecule has 0 aromatic heterocycles. The van der Waals surface area contributed by atoms with Gasteiger partial charge in [0.1, 0.15) is 5.75 Å². The third-order valence-corrected chi connectivity index (χ3v) is 5.83. The molecule has 2 aromatic rings. The van der Waals surface area contributed by atoms with Gasteiger partial charge < -0.3 is 14.6 Å². The predicted octanol–water partition coefficient (Wildman–Crippen LogP) is 4.44. The molecule has 1 saturated heterocycles. The summed E-state index contributed by atoms with van der Waals surface area (Å²) in [4.78, 5) is 2.39. The molecule has 1 fully saturated rings. The molecule has 0 bridgehead atoms. The first-order chi connectivity index (χ1) is 14.0. The Bertz CT molecular complexity index is 721. The van der Waals surface area contributed by atoms with Crippen LogP contribution in [0.25, 0.3) is 0 Å². The first-order valence-electron chi connectivity index (χ1n) is 10.8. The molecule has 2 aromatic carbocycles. The molecule has 29 heavy (non-hydrogen) atoms. The number of morpholine rings is 1. The highest BCUT2D eigenvalue weighted by molar-refractivity contribution is 5.35. The van der Waals surface area contributed by atoms with E-state index in [1.807, 2.05) is 49.4 Å². The lowest BCUT2D eigenvalue weighted by molar-refractivity contribution is -0.0107. The average molecular weight is 398 g/mol. The second-order valence-electron chi connectivity index (χ2n) is 8.58. The average Bonchev–Trinajstić information content (AvgIpc) is 2.73. The zero-order chi connectivity index (χ0) is 20.7. The molecular formula is C25H35NO3. The summed E-state index contributed by atoms with van der Waals surface area (Å²) in [5, 5.41) is 11.7. The number of nitrogens with zero attached hydrogens (tertiary/aromatic N) is 1. The van der Waals surface area contributed by atoms with Gasteiger partial charge in [0.2, 0.25) is 0 Å². The van der Waals surface area contributed by atoms with Crippen LogP contribution >= 0.6 is 0 Å². The van der Waals surface area contributed by atoms with Crippen molar-refractivity contribution in [3.63, 3.8) is 0 Å². The Balaban J connectivity index is 1.78. The second-order valence-corrected chi connectivity index (χ2v) is 8.58. The molecule has 158 valence electrons. The summed E-state index contributed by atoms with van der Waals surface area (Å²) in [6, 6.07) is 18.3. The van der Waals surface area contributed by atoms with Gasteiger partial charge in [-0.25, -0.2) is 0 Å². The third-order valence-electron chi connectivity index (χ3n) is 5.83. The monoisotopic (exact) mass is 397 g/mol. The zero-order valence-corrected chi connectivity index (χ0v) is 18.0. The van der Waals surface area contributed by atoms with Crippen molar-refractivity contribution < 1.29 is 14.6 Å². The van der Waals surface area contributed by atoms with Gasteiger partial charge in [-0.1, -0.05) is 56.3 Å². The van der Waals surface area contributed by atoms with E-state index in [-0.39, 0.29) is 5.92 Å². The Morgan fingerprint density at radius 2 is 1.69 bits per heavy atom. The van der Waals surface area contributed by atoms with Crippen LogP contribution in [0.15, 0.2) is 54.6 Å². The summed E-state index contributed by atoms with van der Waals surface area (Å²) in [5.41, 5.74) is 1.08. The van der Waals surface area contributed by atoms with E-state index < -0.39 is 5.60 Å². The molecule has 0 unspecified atom stereocenters. The Kier molecular flexibility index (Phi) is 7.70. The maximum Gasteiger partial charge on any atom is 0.119 e. The fourth-order valence-corrected chi connectivity index (χ4v) is 3.84. The Morgan fingerprint density at radius 3 is 2.31 bits per heavy atom. The molecular weight excluding hydrogens is 362 g/mol. The van der Waals surface area contributed by atoms with E-state index in [0.29, 0.717) is 5.92 Å². The normalized spacial score (nSPS) is 18.4. The fraction of sp³-hybridized carbons (Fsp3) is 0.520. The molecule has 0 aliphatic carbocycles. The highest BCUT2D eigenvalue weighted by Gasteiger charge is 2.36. The fourth-order valence-electron chi connectivity index (χ4n) is 3.84. The van der Waals surface area contributed by atoms with Crippen LogP contribution in [0.5, 0.6) is 5.75 Å². The summed E-state index contributed by atoms with van der Waals surface area (Å²) in [7, 11) is 0. The van der Waals surface area contributed by atoms with Gasteiger partial charge in [0.25, 0.3) is 0 Å². The molecule has 2 atom stereocenters. The van der Waals surface area contributed by atoms with E-state index >= 15 is 0 Å². The van der Waals surface area contributed by atoms with Crippen molar-refractivity contribution in [2.45, 2.75) is 38.7 Å². The SMILES string of the molecule is CC(C)CCOc1ccc([C@@](C)(O)[C@@H](CN2CCOCC2)c2ccccc2)cc1. The van der Waals surface area contributed by atoms with Gasteiger partial charge in [0, 0.05) is 25.6 Å². The highest BCUT2D eigenvalue weighted by Crippen LogP contribution is 2.38. The molecule has 1 heterocycles. The molecule has 1 aliphatic heterocycles. The summed E-state index contributed by atoms with van der Waals surface area (Å²) >= 11 is 0. The third kappa shape index (κ3) is 6.05. The first kappa shape index (κ1) is 21.8. The van der Waals surface area contributed by atoms with Crippen LogP contribution in [0.2, 0.25) is 0 Å². The topological polar surface area (TPSA) is 41.9 Å². The number of ether oxygens (including phenoxy) is 2. The molecule has 0 radical (unpaired) electrons. The van der Waals surface area contributed by atoms with Crippen LogP contribution in [-0.2, 0) is 10.3 Å². The van der Waals surface area contributed by atoms with Gasteiger partial charge in [0.05, 0.1) is 25.4 Å². The summed E-state index contributed by atoms with van der Waals surface area (Å²) in [5.74, 6) is 1.45. The Labute approximate surface area is 175 Å². The summed E-state index contributed by atoms with van der Waals surface area (Å²) in [6.45, 7) is 11.2. The molecule has 0 saturated carbocycles. The van der Waals surface area contributed by atoms with E-state index in [4.69, 9.17) is 9.47 Å². The lowest BCUT2D eigenvalue weighted by Gasteiger charge is -2.38. The summed E-state index contributed by atoms with van der Waals surface area (Å²) < 4.78 is 11.3. The van der Waals surface area contributed by atoms with Crippen LogP contribution in [0.1, 0.15) is 44.2 Å². The zero-order valence-electron chi connectivity index (χ0n) is 18.0. The van der Waals surface area contributed by atoms with Crippen LogP contribution < -0.4 is 4.74 Å². The van der Waals surface area contributed by atoms with E-state index in [2.05, 4.69) is 30.9 Å². The maximum absolute atomic E-state index is 11.7. The van der Waals surface area contributed by atoms with Gasteiger partial charge >= 0.3 is 0 Å². The van der Waals surface area contributed by atoms with Gasteiger partial charge in [-0.3, -0.25) is 4.90 Å². The van der Waals surface area contributed by atoms with Crippen molar-refractivity contribution in [2.24, 2.45) is 5.92 Å². The number of aliphatic hydroxyl groups is 1. The van der Waals surface area contributed by atoms with Gasteiger partial charge in [0.15, 0.2) is 0 Å². The number of benzene rings is 2. The molecule has 0 amide bonds. The van der Waals surface area contributed by atoms with Crippen molar-refractivity contribution in [3.05, 3.63) is 65.7 Å². The minimum absolute atomic E-state index is 0.0329. The summed E-state index contributed by atoms with van der Waals surface area (Å²) in [6.07, 6.45) is 1.04. The number of hydrogen-bond acceptors (Lipinski definition) is 4. The minimum Gasteiger partial charge on any atom is -0.494 e. The van der Waals surface area contributed by atoms with Crippen LogP contribution in [0.3, 0.4) is 0 Å². The van der Waals surface area contributed by atoms with Crippen LogP contribution in [0.4, 0.5) is 0 Å². The lowest BCUT2D eigenvalue weighted by Crippen LogP contribution is -2.43. The Morgan fingerprint density at radius 1 is 1.03 bits per heavy atom. The lowest BCUT2D eigenvalue weighted by atomic mass is 9.78. The highest BCUT2D eigenvalue weighted by atomic mass is 16.5. The van der Waals surface area contributed by atoms with Gasteiger partial charge in [-0.2, -0.15) is 0 Å². The van der Waals surface area contributed by atoms with Gasteiger partial charge in [-0.05, 0) is 42.5 Å². The van der Waals surface area contributed by atoms with Crippen molar-refractivity contribution in [3.8, 4) is 5.75 Å². The standard InChI is InChI=1S/C25H35NO3/c1-20(2)13-16-29-23-11-9-22(10-12-23)25(3,27)24(21-7-5-4-6-8-21)19-26-14-17-28-18-15-26/h4-12,20,24,27H,13-19H2,1-3H3/t24-,25+/m0/s1. The van der Waals surface area contributed by atoms with Gasteiger partial charge in [-0.15, -0.1) is 0 Å². The first-order valence-corrected chi connectivity index (χ1v) is 10.8. The smallest absolute Gasteiger partial charge is 0.119 e. The quantitative estimate of drug-likeness (QED) is 0.679. The van der Waals surface area contributed by atoms with Crippen molar-refractivity contribution in [1.29, 1.82) is 0 Å². The molecule has 4 nitrogen and oxygen atoms in total. The van der Waals surface area contributed by atoms with E-state index in [0.717, 1.165) is 62.8 Å². The van der Waals surface area contributed by atoms with Crippen molar-refractivity contribution in [1.82, 2.24) is 4.90 Å². The molecule has 3 rings (SSSR count). The molecule has 1 N–H and O–H groups in total. The second kappa shape index (κ2) is 10.2. The Hall–Kier alpha value is -1.88. The van der Waals surface area contributed by atoms with Crippen LogP contribution in [0, 0.1) is 5.92 Å². The van der Waals surface area contributed by atoms with Crippen molar-refractivity contribution in [2.75, 3.05) is 39.5 Å². The van der Waals surface area contributed by atoms with E-state index in [1.165, 1.54) is 0 Å². The number of hydrogen-bond donors (Lipinski definition) is 1. The van der Waals surface area contributed by atoms with Crippen molar-refractivity contribution >= 4 is 0 Å². The minimum atomic E-state index is -0.990. The predicted molar refractivity (Wildman–Crippen MR) is 117 cm³/mol. The molecule has 1 aliphatic rings. The number of rotatable bonds is 9. The molecule has 0 spiro atoms.